The van der Waals surface area contributed by atoms with Crippen LogP contribution in [0.25, 0.3) is 0 Å². The van der Waals surface area contributed by atoms with Crippen molar-refractivity contribution in [2.24, 2.45) is 0 Å². The summed E-state index contributed by atoms with van der Waals surface area (Å²) in [6, 6.07) is 7.12. The van der Waals surface area contributed by atoms with E-state index in [1.807, 2.05) is 0 Å². The molecule has 0 N–H and O–H groups in total. The molecule has 0 fully saturated rings. The zero-order chi connectivity index (χ0) is 13.9. The Labute approximate surface area is 117 Å². The minimum atomic E-state index is -3.32. The summed E-state index contributed by atoms with van der Waals surface area (Å²) < 4.78 is 24.4. The molecule has 2 rings (SSSR count). The Morgan fingerprint density at radius 3 is 2.63 bits per heavy atom. The van der Waals surface area contributed by atoms with Crippen LogP contribution in [0.5, 0.6) is 0 Å². The van der Waals surface area contributed by atoms with E-state index >= 15 is 0 Å². The van der Waals surface area contributed by atoms with Crippen molar-refractivity contribution in [1.29, 1.82) is 0 Å². The van der Waals surface area contributed by atoms with Crippen LogP contribution in [0.1, 0.15) is 5.56 Å². The fraction of sp³-hybridized carbons (Fsp3) is 0.154. The molecule has 0 unspecified atom stereocenters. The molecule has 4 nitrogen and oxygen atoms in total. The summed E-state index contributed by atoms with van der Waals surface area (Å²) in [5, 5.41) is 0.678. The van der Waals surface area contributed by atoms with E-state index in [9.17, 15) is 8.42 Å². The first kappa shape index (κ1) is 13.7. The van der Waals surface area contributed by atoms with Crippen molar-refractivity contribution in [3.05, 3.63) is 47.2 Å². The van der Waals surface area contributed by atoms with Gasteiger partial charge in [-0.15, -0.1) is 0 Å². The predicted octanol–water partition coefficient (Wildman–Crippen LogP) is 1.99. The molecule has 19 heavy (non-hydrogen) atoms. The van der Waals surface area contributed by atoms with Crippen molar-refractivity contribution in [2.45, 2.75) is 11.7 Å². The Kier molecular flexibility index (Phi) is 3.93. The SMILES string of the molecule is CS(=O)(=O)c1nccn1CC#Cc1ccc(Cl)cc1. The molecule has 0 saturated heterocycles. The van der Waals surface area contributed by atoms with Gasteiger partial charge in [0, 0.05) is 29.2 Å². The van der Waals surface area contributed by atoms with E-state index in [1.54, 1.807) is 30.5 Å². The monoisotopic (exact) mass is 294 g/mol. The van der Waals surface area contributed by atoms with Gasteiger partial charge in [-0.1, -0.05) is 23.4 Å². The lowest BCUT2D eigenvalue weighted by Gasteiger charge is -2.00. The highest BCUT2D eigenvalue weighted by Crippen LogP contribution is 2.08. The molecular formula is C13H11ClN2O2S. The van der Waals surface area contributed by atoms with Gasteiger partial charge in [-0.25, -0.2) is 13.4 Å². The molecule has 1 aromatic heterocycles. The number of benzene rings is 1. The summed E-state index contributed by atoms with van der Waals surface area (Å²) in [6.07, 6.45) is 4.16. The second kappa shape index (κ2) is 5.47. The highest BCUT2D eigenvalue weighted by Gasteiger charge is 2.13. The van der Waals surface area contributed by atoms with E-state index in [-0.39, 0.29) is 11.7 Å². The van der Waals surface area contributed by atoms with Gasteiger partial charge in [-0.3, -0.25) is 0 Å². The molecule has 0 spiro atoms. The van der Waals surface area contributed by atoms with Gasteiger partial charge >= 0.3 is 0 Å². The van der Waals surface area contributed by atoms with E-state index in [0.717, 1.165) is 11.8 Å². The molecule has 0 aliphatic carbocycles. The normalized spacial score (nSPS) is 10.8. The second-order valence-corrected chi connectivity index (χ2v) is 6.26. The summed E-state index contributed by atoms with van der Waals surface area (Å²) >= 11 is 5.77. The smallest absolute Gasteiger partial charge is 0.228 e. The number of imidazole rings is 1. The molecule has 0 amide bonds. The minimum Gasteiger partial charge on any atom is -0.310 e. The third kappa shape index (κ3) is 3.60. The summed E-state index contributed by atoms with van der Waals surface area (Å²) in [5.41, 5.74) is 0.824. The Bertz CT molecular complexity index is 737. The molecular weight excluding hydrogens is 284 g/mol. The molecule has 0 atom stereocenters. The minimum absolute atomic E-state index is 0.0258. The number of nitrogens with zero attached hydrogens (tertiary/aromatic N) is 2. The number of hydrogen-bond donors (Lipinski definition) is 0. The standard InChI is InChI=1S/C13H11ClN2O2S/c1-19(17,18)13-15-8-10-16(13)9-2-3-11-4-6-12(14)7-5-11/h4-8,10H,9H2,1H3. The first-order chi connectivity index (χ1) is 8.97. The first-order valence-corrected chi connectivity index (χ1v) is 7.69. The van der Waals surface area contributed by atoms with Crippen molar-refractivity contribution in [1.82, 2.24) is 9.55 Å². The van der Waals surface area contributed by atoms with Crippen molar-refractivity contribution in [3.63, 3.8) is 0 Å². The Morgan fingerprint density at radius 2 is 2.00 bits per heavy atom. The maximum Gasteiger partial charge on any atom is 0.228 e. The number of hydrogen-bond acceptors (Lipinski definition) is 3. The summed E-state index contributed by atoms with van der Waals surface area (Å²) in [7, 11) is -3.32. The highest BCUT2D eigenvalue weighted by molar-refractivity contribution is 7.90. The van der Waals surface area contributed by atoms with Gasteiger partial charge in [-0.2, -0.15) is 0 Å². The van der Waals surface area contributed by atoms with E-state index < -0.39 is 9.84 Å². The zero-order valence-corrected chi connectivity index (χ0v) is 11.7. The lowest BCUT2D eigenvalue weighted by molar-refractivity contribution is 0.581. The fourth-order valence-corrected chi connectivity index (χ4v) is 2.43. The maximum atomic E-state index is 11.4. The predicted molar refractivity (Wildman–Crippen MR) is 73.7 cm³/mol. The number of aromatic nitrogens is 2. The van der Waals surface area contributed by atoms with Crippen LogP contribution in [0.2, 0.25) is 5.02 Å². The molecule has 0 aliphatic heterocycles. The van der Waals surface area contributed by atoms with Crippen molar-refractivity contribution < 1.29 is 8.42 Å². The van der Waals surface area contributed by atoms with Crippen molar-refractivity contribution in [3.8, 4) is 11.8 Å². The van der Waals surface area contributed by atoms with Gasteiger partial charge in [0.25, 0.3) is 0 Å². The van der Waals surface area contributed by atoms with Crippen LogP contribution in [-0.2, 0) is 16.4 Å². The third-order valence-corrected chi connectivity index (χ3v) is 3.59. The van der Waals surface area contributed by atoms with Crippen LogP contribution in [-0.4, -0.2) is 24.2 Å². The maximum absolute atomic E-state index is 11.4. The average Bonchev–Trinajstić information content (AvgIpc) is 2.80. The molecule has 2 aromatic rings. The van der Waals surface area contributed by atoms with Crippen molar-refractivity contribution in [2.75, 3.05) is 6.26 Å². The number of rotatable bonds is 2. The van der Waals surface area contributed by atoms with E-state index in [2.05, 4.69) is 16.8 Å². The Hall–Kier alpha value is -1.77. The molecule has 6 heteroatoms. The van der Waals surface area contributed by atoms with Gasteiger partial charge < -0.3 is 4.57 Å². The molecule has 0 saturated carbocycles. The van der Waals surface area contributed by atoms with E-state index in [0.29, 0.717) is 5.02 Å². The molecule has 0 bridgehead atoms. The van der Waals surface area contributed by atoms with Crippen molar-refractivity contribution >= 4 is 21.4 Å². The average molecular weight is 295 g/mol. The number of sulfone groups is 1. The molecule has 0 radical (unpaired) electrons. The highest BCUT2D eigenvalue weighted by atomic mass is 35.5. The van der Waals surface area contributed by atoms with Crippen LogP contribution < -0.4 is 0 Å². The zero-order valence-electron chi connectivity index (χ0n) is 10.2. The molecule has 98 valence electrons. The van der Waals surface area contributed by atoms with Gasteiger partial charge in [0.15, 0.2) is 0 Å². The first-order valence-electron chi connectivity index (χ1n) is 5.42. The third-order valence-electron chi connectivity index (χ3n) is 2.34. The van der Waals surface area contributed by atoms with E-state index in [1.165, 1.54) is 10.8 Å². The topological polar surface area (TPSA) is 52.0 Å². The van der Waals surface area contributed by atoms with Crippen LogP contribution in [0, 0.1) is 11.8 Å². The quantitative estimate of drug-likeness (QED) is 0.796. The van der Waals surface area contributed by atoms with Crippen LogP contribution in [0.15, 0.2) is 41.8 Å². The summed E-state index contributed by atoms with van der Waals surface area (Å²) in [6.45, 7) is 0.269. The second-order valence-electron chi connectivity index (χ2n) is 3.92. The largest absolute Gasteiger partial charge is 0.310 e. The van der Waals surface area contributed by atoms with Crippen LogP contribution >= 0.6 is 11.6 Å². The van der Waals surface area contributed by atoms with Gasteiger partial charge in [0.2, 0.25) is 15.0 Å². The van der Waals surface area contributed by atoms with E-state index in [4.69, 9.17) is 11.6 Å². The van der Waals surface area contributed by atoms with Crippen LogP contribution in [0.3, 0.4) is 0 Å². The Morgan fingerprint density at radius 1 is 1.32 bits per heavy atom. The summed E-state index contributed by atoms with van der Waals surface area (Å²) in [4.78, 5) is 3.81. The Balaban J connectivity index is 2.17. The van der Waals surface area contributed by atoms with Gasteiger partial charge in [0.1, 0.15) is 0 Å². The molecule has 1 aromatic carbocycles. The number of halogens is 1. The van der Waals surface area contributed by atoms with Gasteiger partial charge in [0.05, 0.1) is 6.54 Å². The molecule has 0 aliphatic rings. The summed E-state index contributed by atoms with van der Waals surface area (Å²) in [5.74, 6) is 5.84. The fourth-order valence-electron chi connectivity index (χ4n) is 1.50. The lowest BCUT2D eigenvalue weighted by atomic mass is 10.2. The molecule has 1 heterocycles. The van der Waals surface area contributed by atoms with Crippen LogP contribution in [0.4, 0.5) is 0 Å². The van der Waals surface area contributed by atoms with Gasteiger partial charge in [-0.05, 0) is 24.3 Å². The lowest BCUT2D eigenvalue weighted by Crippen LogP contribution is -2.08.